The van der Waals surface area contributed by atoms with Crippen molar-refractivity contribution in [3.8, 4) is 11.5 Å². The first-order chi connectivity index (χ1) is 13.5. The van der Waals surface area contributed by atoms with Crippen molar-refractivity contribution in [2.75, 3.05) is 13.2 Å². The maximum atomic E-state index is 12.6. The summed E-state index contributed by atoms with van der Waals surface area (Å²) in [5, 5.41) is 0. The van der Waals surface area contributed by atoms with E-state index in [-0.39, 0.29) is 22.6 Å². The molecule has 0 aliphatic carbocycles. The van der Waals surface area contributed by atoms with E-state index in [4.69, 9.17) is 4.74 Å². The molecular formula is C20H16F6O3. The summed E-state index contributed by atoms with van der Waals surface area (Å²) in [6.45, 7) is -1.37. The first-order valence-electron chi connectivity index (χ1n) is 8.24. The Hall–Kier alpha value is -2.97. The van der Waals surface area contributed by atoms with Gasteiger partial charge in [-0.1, -0.05) is 29.8 Å². The second-order valence-corrected chi connectivity index (χ2v) is 6.05. The Morgan fingerprint density at radius 3 is 2.03 bits per heavy atom. The quantitative estimate of drug-likeness (QED) is 0.338. The lowest BCUT2D eigenvalue weighted by molar-refractivity contribution is -0.154. The third-order valence-corrected chi connectivity index (χ3v) is 3.63. The van der Waals surface area contributed by atoms with Gasteiger partial charge in [0.05, 0.1) is 0 Å². The molecular weight excluding hydrogens is 402 g/mol. The van der Waals surface area contributed by atoms with Gasteiger partial charge in [-0.3, -0.25) is 4.79 Å². The molecule has 0 saturated heterocycles. The molecule has 0 spiro atoms. The van der Waals surface area contributed by atoms with Crippen molar-refractivity contribution in [2.24, 2.45) is 0 Å². The molecule has 0 heterocycles. The van der Waals surface area contributed by atoms with Gasteiger partial charge in [0, 0.05) is 5.56 Å². The van der Waals surface area contributed by atoms with Crippen molar-refractivity contribution in [2.45, 2.75) is 19.3 Å². The van der Waals surface area contributed by atoms with E-state index >= 15 is 0 Å². The average Bonchev–Trinajstić information content (AvgIpc) is 2.63. The maximum Gasteiger partial charge on any atom is 0.422 e. The number of benzene rings is 2. The largest absolute Gasteiger partial charge is 0.484 e. The zero-order valence-electron chi connectivity index (χ0n) is 15.1. The molecule has 0 amide bonds. The molecule has 0 N–H and O–H groups in total. The number of carbonyl (C=O) groups is 1. The van der Waals surface area contributed by atoms with Crippen molar-refractivity contribution in [3.05, 3.63) is 65.2 Å². The Balaban J connectivity index is 2.50. The number of aldehydes is 1. The Bertz CT molecular complexity index is 867. The third kappa shape index (κ3) is 7.17. The fourth-order valence-corrected chi connectivity index (χ4v) is 2.40. The van der Waals surface area contributed by atoms with Crippen LogP contribution in [0, 0.1) is 6.92 Å². The molecule has 29 heavy (non-hydrogen) atoms. The summed E-state index contributed by atoms with van der Waals surface area (Å²) < 4.78 is 84.5. The summed E-state index contributed by atoms with van der Waals surface area (Å²) in [4.78, 5) is 11.1. The van der Waals surface area contributed by atoms with E-state index in [9.17, 15) is 31.1 Å². The Labute approximate surface area is 162 Å². The van der Waals surface area contributed by atoms with Crippen LogP contribution < -0.4 is 9.47 Å². The van der Waals surface area contributed by atoms with Crippen LogP contribution in [0.25, 0.3) is 5.57 Å². The second-order valence-electron chi connectivity index (χ2n) is 6.05. The zero-order chi connectivity index (χ0) is 21.7. The fraction of sp³-hybridized carbons (Fsp3) is 0.250. The normalized spacial score (nSPS) is 12.6. The van der Waals surface area contributed by atoms with Gasteiger partial charge in [-0.15, -0.1) is 0 Å². The van der Waals surface area contributed by atoms with Crippen LogP contribution in [-0.4, -0.2) is 31.9 Å². The molecule has 0 atom stereocenters. The molecule has 156 valence electrons. The molecule has 0 bridgehead atoms. The molecule has 0 saturated carbocycles. The van der Waals surface area contributed by atoms with Crippen LogP contribution in [0.1, 0.15) is 16.7 Å². The van der Waals surface area contributed by atoms with Crippen LogP contribution in [0.4, 0.5) is 26.3 Å². The minimum Gasteiger partial charge on any atom is -0.484 e. The van der Waals surface area contributed by atoms with Crippen LogP contribution >= 0.6 is 0 Å². The third-order valence-electron chi connectivity index (χ3n) is 3.63. The van der Waals surface area contributed by atoms with Crippen molar-refractivity contribution in [3.63, 3.8) is 0 Å². The first-order valence-corrected chi connectivity index (χ1v) is 8.24. The van der Waals surface area contributed by atoms with Gasteiger partial charge < -0.3 is 9.47 Å². The Kier molecular flexibility index (Phi) is 6.94. The summed E-state index contributed by atoms with van der Waals surface area (Å²) in [6.07, 6.45) is -7.70. The SMILES string of the molecule is Cc1ccc(C(=CC=O)c2cc(OCC(F)(F)F)ccc2OCC(F)(F)F)cc1. The lowest BCUT2D eigenvalue weighted by Crippen LogP contribution is -2.20. The van der Waals surface area contributed by atoms with E-state index in [1.807, 2.05) is 6.92 Å². The Morgan fingerprint density at radius 1 is 0.897 bits per heavy atom. The monoisotopic (exact) mass is 418 g/mol. The van der Waals surface area contributed by atoms with Crippen LogP contribution in [0.3, 0.4) is 0 Å². The summed E-state index contributed by atoms with van der Waals surface area (Å²) in [5.74, 6) is -0.490. The lowest BCUT2D eigenvalue weighted by atomic mass is 9.96. The van der Waals surface area contributed by atoms with Crippen LogP contribution in [0.15, 0.2) is 48.5 Å². The molecule has 0 radical (unpaired) electrons. The molecule has 2 aromatic carbocycles. The van der Waals surface area contributed by atoms with Gasteiger partial charge in [0.25, 0.3) is 0 Å². The molecule has 0 fully saturated rings. The zero-order valence-corrected chi connectivity index (χ0v) is 15.1. The molecule has 2 aromatic rings. The van der Waals surface area contributed by atoms with Crippen molar-refractivity contribution < 1.29 is 40.6 Å². The summed E-state index contributed by atoms with van der Waals surface area (Å²) >= 11 is 0. The predicted molar refractivity (Wildman–Crippen MR) is 93.9 cm³/mol. The summed E-state index contributed by atoms with van der Waals surface area (Å²) in [7, 11) is 0. The summed E-state index contributed by atoms with van der Waals surface area (Å²) in [6, 6.07) is 9.92. The molecule has 0 aliphatic heterocycles. The number of aryl methyl sites for hydroxylation is 1. The molecule has 0 aliphatic rings. The molecule has 9 heteroatoms. The van der Waals surface area contributed by atoms with Crippen molar-refractivity contribution in [1.82, 2.24) is 0 Å². The van der Waals surface area contributed by atoms with Gasteiger partial charge in [-0.25, -0.2) is 0 Å². The average molecular weight is 418 g/mol. The highest BCUT2D eigenvalue weighted by molar-refractivity contribution is 5.91. The lowest BCUT2D eigenvalue weighted by Gasteiger charge is -2.17. The second kappa shape index (κ2) is 9.02. The summed E-state index contributed by atoms with van der Waals surface area (Å²) in [5.41, 5.74) is 1.53. The molecule has 0 unspecified atom stereocenters. The van der Waals surface area contributed by atoms with Crippen LogP contribution in [-0.2, 0) is 4.79 Å². The van der Waals surface area contributed by atoms with E-state index in [0.29, 0.717) is 11.8 Å². The van der Waals surface area contributed by atoms with Gasteiger partial charge in [-0.2, -0.15) is 26.3 Å². The Morgan fingerprint density at radius 2 is 1.48 bits per heavy atom. The van der Waals surface area contributed by atoms with E-state index in [2.05, 4.69) is 4.74 Å². The van der Waals surface area contributed by atoms with E-state index in [0.717, 1.165) is 29.8 Å². The standard InChI is InChI=1S/C20H16F6O3/c1-13-2-4-14(5-3-13)16(8-9-27)17-10-15(28-11-19(21,22)23)6-7-18(17)29-12-20(24,25)26/h2-10H,11-12H2,1H3. The number of rotatable bonds is 7. The maximum absolute atomic E-state index is 12.6. The van der Waals surface area contributed by atoms with Gasteiger partial charge in [0.15, 0.2) is 13.2 Å². The smallest absolute Gasteiger partial charge is 0.422 e. The van der Waals surface area contributed by atoms with Gasteiger partial charge in [-0.05, 0) is 42.3 Å². The highest BCUT2D eigenvalue weighted by atomic mass is 19.4. The van der Waals surface area contributed by atoms with Crippen molar-refractivity contribution >= 4 is 11.9 Å². The topological polar surface area (TPSA) is 35.5 Å². The number of hydrogen-bond donors (Lipinski definition) is 0. The molecule has 0 aromatic heterocycles. The van der Waals surface area contributed by atoms with Gasteiger partial charge in [0.2, 0.25) is 0 Å². The number of halogens is 6. The number of hydrogen-bond acceptors (Lipinski definition) is 3. The van der Waals surface area contributed by atoms with Crippen molar-refractivity contribution in [1.29, 1.82) is 0 Å². The number of allylic oxidation sites excluding steroid dienone is 1. The fourth-order valence-electron chi connectivity index (χ4n) is 2.40. The van der Waals surface area contributed by atoms with Gasteiger partial charge in [0.1, 0.15) is 17.8 Å². The van der Waals surface area contributed by atoms with E-state index in [1.54, 1.807) is 24.3 Å². The number of carbonyl (C=O) groups excluding carboxylic acids is 1. The predicted octanol–water partition coefficient (Wildman–Crippen LogP) is 5.51. The highest BCUT2D eigenvalue weighted by Gasteiger charge is 2.30. The van der Waals surface area contributed by atoms with E-state index < -0.39 is 25.6 Å². The minimum absolute atomic E-state index is 0.00937. The number of ether oxygens (including phenoxy) is 2. The van der Waals surface area contributed by atoms with E-state index in [1.165, 1.54) is 0 Å². The molecule has 2 rings (SSSR count). The highest BCUT2D eigenvalue weighted by Crippen LogP contribution is 2.35. The van der Waals surface area contributed by atoms with Gasteiger partial charge >= 0.3 is 12.4 Å². The van der Waals surface area contributed by atoms with Crippen LogP contribution in [0.5, 0.6) is 11.5 Å². The first kappa shape index (κ1) is 22.3. The molecule has 3 nitrogen and oxygen atoms in total. The van der Waals surface area contributed by atoms with Crippen LogP contribution in [0.2, 0.25) is 0 Å². The number of alkyl halides is 6. The minimum atomic E-state index is -4.62.